The molecule has 0 saturated carbocycles. The smallest absolute Gasteiger partial charge is 0.340 e. The van der Waals surface area contributed by atoms with Crippen LogP contribution in [0.1, 0.15) is 5.69 Å². The molecule has 0 aliphatic rings. The van der Waals surface area contributed by atoms with Gasteiger partial charge in [0, 0.05) is 6.07 Å². The van der Waals surface area contributed by atoms with Crippen LogP contribution in [0.5, 0.6) is 5.95 Å². The van der Waals surface area contributed by atoms with E-state index in [1.54, 1.807) is 19.1 Å². The van der Waals surface area contributed by atoms with Gasteiger partial charge in [0.25, 0.3) is 0 Å². The number of hydrogen-bond acceptors (Lipinski definition) is 5. The molecule has 0 bridgehead atoms. The number of nitrogens with zero attached hydrogens (tertiary/aromatic N) is 1. The Morgan fingerprint density at radius 1 is 1.35 bits per heavy atom. The summed E-state index contributed by atoms with van der Waals surface area (Å²) in [6.45, 7) is 1.65. The third kappa shape index (κ3) is 2.59. The van der Waals surface area contributed by atoms with E-state index in [1.807, 2.05) is 0 Å². The Kier molecular flexibility index (Phi) is 3.08. The fraction of sp³-hybridized carbons (Fsp3) is 0.100. The molecule has 1 aromatic heterocycles. The molecule has 0 spiro atoms. The second kappa shape index (κ2) is 4.38. The number of halogens is 1. The molecular weight excluding hydrogens is 266 g/mol. The molecular formula is C10H8ClNO4S. The Morgan fingerprint density at radius 3 is 2.65 bits per heavy atom. The molecule has 2 rings (SSSR count). The van der Waals surface area contributed by atoms with Gasteiger partial charge in [-0.05, 0) is 19.1 Å². The van der Waals surface area contributed by atoms with Gasteiger partial charge in [-0.2, -0.15) is 8.42 Å². The molecule has 1 heterocycles. The van der Waals surface area contributed by atoms with Crippen LogP contribution < -0.4 is 4.18 Å². The Bertz CT molecular complexity index is 635. The van der Waals surface area contributed by atoms with E-state index in [0.717, 1.165) is 0 Å². The summed E-state index contributed by atoms with van der Waals surface area (Å²) in [6.07, 6.45) is 0. The van der Waals surface area contributed by atoms with Crippen LogP contribution >= 0.6 is 11.6 Å². The molecule has 7 heteroatoms. The molecule has 0 aliphatic heterocycles. The molecule has 5 nitrogen and oxygen atoms in total. The van der Waals surface area contributed by atoms with Crippen LogP contribution in [0, 0.1) is 6.92 Å². The molecule has 0 saturated heterocycles. The summed E-state index contributed by atoms with van der Waals surface area (Å²) in [6, 6.07) is 7.35. The molecule has 0 aliphatic carbocycles. The Hall–Kier alpha value is -1.53. The van der Waals surface area contributed by atoms with Crippen LogP contribution in [0.4, 0.5) is 0 Å². The normalized spacial score (nSPS) is 11.4. The first-order valence-electron chi connectivity index (χ1n) is 4.61. The first-order chi connectivity index (χ1) is 7.99. The molecule has 0 fully saturated rings. The number of aromatic nitrogens is 1. The van der Waals surface area contributed by atoms with Gasteiger partial charge in [-0.3, -0.25) is 0 Å². The van der Waals surface area contributed by atoms with Crippen LogP contribution in [0.25, 0.3) is 0 Å². The van der Waals surface area contributed by atoms with Crippen molar-refractivity contribution in [1.29, 1.82) is 0 Å². The van der Waals surface area contributed by atoms with E-state index in [-0.39, 0.29) is 15.9 Å². The molecule has 0 unspecified atom stereocenters. The van der Waals surface area contributed by atoms with Crippen LogP contribution in [0.2, 0.25) is 5.02 Å². The largest absolute Gasteiger partial charge is 0.343 e. The highest BCUT2D eigenvalue weighted by molar-refractivity contribution is 7.87. The number of aryl methyl sites for hydroxylation is 1. The molecule has 0 amide bonds. The summed E-state index contributed by atoms with van der Waals surface area (Å²) in [4.78, 5) is -0.115. The summed E-state index contributed by atoms with van der Waals surface area (Å²) in [5, 5.41) is 3.61. The zero-order valence-electron chi connectivity index (χ0n) is 8.75. The van der Waals surface area contributed by atoms with Gasteiger partial charge in [-0.15, -0.1) is 0 Å². The zero-order valence-corrected chi connectivity index (χ0v) is 10.3. The van der Waals surface area contributed by atoms with Gasteiger partial charge in [-0.25, -0.2) is 0 Å². The Labute approximate surface area is 103 Å². The van der Waals surface area contributed by atoms with Gasteiger partial charge in [0.05, 0.1) is 10.7 Å². The number of benzene rings is 1. The van der Waals surface area contributed by atoms with Crippen molar-refractivity contribution in [3.05, 3.63) is 41.0 Å². The number of hydrogen-bond donors (Lipinski definition) is 0. The second-order valence-electron chi connectivity index (χ2n) is 3.26. The minimum atomic E-state index is -4.00. The van der Waals surface area contributed by atoms with E-state index in [9.17, 15) is 8.42 Å². The quantitative estimate of drug-likeness (QED) is 0.803. The Balaban J connectivity index is 2.35. The third-order valence-electron chi connectivity index (χ3n) is 1.90. The van der Waals surface area contributed by atoms with E-state index in [1.165, 1.54) is 18.2 Å². The molecule has 17 heavy (non-hydrogen) atoms. The minimum Gasteiger partial charge on any atom is -0.340 e. The second-order valence-corrected chi connectivity index (χ2v) is 5.18. The highest BCUT2D eigenvalue weighted by atomic mass is 35.5. The highest BCUT2D eigenvalue weighted by Gasteiger charge is 2.21. The summed E-state index contributed by atoms with van der Waals surface area (Å²) >= 11 is 5.77. The van der Waals surface area contributed by atoms with Gasteiger partial charge < -0.3 is 8.71 Å². The lowest BCUT2D eigenvalue weighted by Crippen LogP contribution is -2.09. The van der Waals surface area contributed by atoms with E-state index < -0.39 is 10.1 Å². The standard InChI is InChI=1S/C10H8ClNO4S/c1-7-6-10(15-12-7)16-17(13,14)9-5-3-2-4-8(9)11/h2-6H,1H3. The average molecular weight is 274 g/mol. The molecule has 0 N–H and O–H groups in total. The SMILES string of the molecule is Cc1cc(OS(=O)(=O)c2ccccc2Cl)on1. The predicted molar refractivity (Wildman–Crippen MR) is 60.5 cm³/mol. The van der Waals surface area contributed by atoms with Crippen molar-refractivity contribution in [2.75, 3.05) is 0 Å². The fourth-order valence-corrected chi connectivity index (χ4v) is 2.54. The highest BCUT2D eigenvalue weighted by Crippen LogP contribution is 2.24. The van der Waals surface area contributed by atoms with E-state index in [2.05, 4.69) is 9.68 Å². The van der Waals surface area contributed by atoms with Crippen molar-refractivity contribution in [3.63, 3.8) is 0 Å². The minimum absolute atomic E-state index is 0.0868. The van der Waals surface area contributed by atoms with E-state index in [4.69, 9.17) is 15.8 Å². The topological polar surface area (TPSA) is 69.4 Å². The van der Waals surface area contributed by atoms with Crippen molar-refractivity contribution in [2.45, 2.75) is 11.8 Å². The summed E-state index contributed by atoms with van der Waals surface area (Å²) in [7, 11) is -4.00. The number of rotatable bonds is 3. The predicted octanol–water partition coefficient (Wildman–Crippen LogP) is 2.40. The first kappa shape index (κ1) is 11.9. The van der Waals surface area contributed by atoms with Gasteiger partial charge >= 0.3 is 16.1 Å². The van der Waals surface area contributed by atoms with Crippen LogP contribution in [0.3, 0.4) is 0 Å². The summed E-state index contributed by atoms with van der Waals surface area (Å²) < 4.78 is 33.1. The van der Waals surface area contributed by atoms with Gasteiger partial charge in [0.15, 0.2) is 0 Å². The molecule has 0 atom stereocenters. The lowest BCUT2D eigenvalue weighted by atomic mass is 10.4. The lowest BCUT2D eigenvalue weighted by Gasteiger charge is -2.04. The van der Waals surface area contributed by atoms with Gasteiger partial charge in [0.1, 0.15) is 4.90 Å². The van der Waals surface area contributed by atoms with Crippen molar-refractivity contribution in [3.8, 4) is 5.95 Å². The zero-order chi connectivity index (χ0) is 12.5. The van der Waals surface area contributed by atoms with Gasteiger partial charge in [0.2, 0.25) is 0 Å². The summed E-state index contributed by atoms with van der Waals surface area (Å²) in [5.41, 5.74) is 0.523. The van der Waals surface area contributed by atoms with Crippen molar-refractivity contribution >= 4 is 21.7 Å². The average Bonchev–Trinajstić information content (AvgIpc) is 2.63. The van der Waals surface area contributed by atoms with Crippen LogP contribution in [-0.2, 0) is 10.1 Å². The molecule has 1 aromatic carbocycles. The fourth-order valence-electron chi connectivity index (χ4n) is 1.18. The van der Waals surface area contributed by atoms with Crippen molar-refractivity contribution in [2.24, 2.45) is 0 Å². The maximum Gasteiger partial charge on any atom is 0.343 e. The van der Waals surface area contributed by atoms with Crippen LogP contribution in [-0.4, -0.2) is 13.6 Å². The van der Waals surface area contributed by atoms with E-state index in [0.29, 0.717) is 5.69 Å². The summed E-state index contributed by atoms with van der Waals surface area (Å²) in [5.74, 6) is -0.192. The molecule has 2 aromatic rings. The van der Waals surface area contributed by atoms with E-state index >= 15 is 0 Å². The Morgan fingerprint density at radius 2 is 2.06 bits per heavy atom. The monoisotopic (exact) mass is 273 g/mol. The maximum atomic E-state index is 11.8. The molecule has 0 radical (unpaired) electrons. The van der Waals surface area contributed by atoms with Crippen molar-refractivity contribution < 1.29 is 17.1 Å². The van der Waals surface area contributed by atoms with Crippen molar-refractivity contribution in [1.82, 2.24) is 5.16 Å². The third-order valence-corrected chi connectivity index (χ3v) is 3.62. The maximum absolute atomic E-state index is 11.8. The van der Waals surface area contributed by atoms with Gasteiger partial charge in [-0.1, -0.05) is 28.9 Å². The lowest BCUT2D eigenvalue weighted by molar-refractivity contribution is 0.317. The van der Waals surface area contributed by atoms with Crippen LogP contribution in [0.15, 0.2) is 39.8 Å². The molecule has 90 valence electrons. The first-order valence-corrected chi connectivity index (χ1v) is 6.40.